The molecule has 1 atom stereocenters. The van der Waals surface area contributed by atoms with Crippen molar-refractivity contribution in [2.75, 3.05) is 24.3 Å². The zero-order valence-corrected chi connectivity index (χ0v) is 14.6. The summed E-state index contributed by atoms with van der Waals surface area (Å²) in [6.07, 6.45) is 1.88. The van der Waals surface area contributed by atoms with Crippen molar-refractivity contribution >= 4 is 32.8 Å². The summed E-state index contributed by atoms with van der Waals surface area (Å²) in [6, 6.07) is 8.11. The summed E-state index contributed by atoms with van der Waals surface area (Å²) >= 11 is 0. The van der Waals surface area contributed by atoms with Gasteiger partial charge in [0.15, 0.2) is 0 Å². The van der Waals surface area contributed by atoms with Crippen molar-refractivity contribution in [2.45, 2.75) is 26.0 Å². The van der Waals surface area contributed by atoms with Gasteiger partial charge in [-0.3, -0.25) is 9.08 Å². The summed E-state index contributed by atoms with van der Waals surface area (Å²) in [6.45, 7) is 4.30. The molecule has 0 aliphatic carbocycles. The number of amides is 1. The third-order valence-corrected chi connectivity index (χ3v) is 4.48. The first-order valence-corrected chi connectivity index (χ1v) is 9.49. The highest BCUT2D eigenvalue weighted by Gasteiger charge is 2.33. The van der Waals surface area contributed by atoms with E-state index in [1.54, 1.807) is 0 Å². The Kier molecular flexibility index (Phi) is 4.27. The van der Waals surface area contributed by atoms with Crippen molar-refractivity contribution in [3.8, 4) is 0 Å². The van der Waals surface area contributed by atoms with Crippen molar-refractivity contribution in [3.05, 3.63) is 30.5 Å². The summed E-state index contributed by atoms with van der Waals surface area (Å²) in [5.74, 6) is 0. The number of benzene rings is 1. The second-order valence-electron chi connectivity index (χ2n) is 6.16. The number of fused-ring (bicyclic) bond motifs is 1. The van der Waals surface area contributed by atoms with Gasteiger partial charge < -0.3 is 9.30 Å². The van der Waals surface area contributed by atoms with Gasteiger partial charge in [-0.1, -0.05) is 0 Å². The molecule has 8 heteroatoms. The van der Waals surface area contributed by atoms with Crippen molar-refractivity contribution < 1.29 is 22.1 Å². The summed E-state index contributed by atoms with van der Waals surface area (Å²) < 4.78 is 34.1. The van der Waals surface area contributed by atoms with Gasteiger partial charge in [0.25, 0.3) is 10.1 Å². The quantitative estimate of drug-likeness (QED) is 0.773. The van der Waals surface area contributed by atoms with Crippen molar-refractivity contribution in [1.82, 2.24) is 4.57 Å². The molecule has 0 radical (unpaired) electrons. The van der Waals surface area contributed by atoms with Gasteiger partial charge in [-0.05, 0) is 38.1 Å². The van der Waals surface area contributed by atoms with Gasteiger partial charge >= 0.3 is 6.09 Å². The maximum atomic E-state index is 12.1. The van der Waals surface area contributed by atoms with E-state index < -0.39 is 22.3 Å². The third kappa shape index (κ3) is 3.39. The highest BCUT2D eigenvalue weighted by atomic mass is 32.2. The standard InChI is InChI=1S/C16H20N2O5S/c1-11(2)17-7-6-12-8-13(4-5-15(12)17)18-9-14(23-16(18)19)10-22-24(3,20)21/h4-8,11,14H,9-10H2,1-3H3. The zero-order valence-electron chi connectivity index (χ0n) is 13.8. The molecule has 1 aliphatic rings. The Labute approximate surface area is 140 Å². The lowest BCUT2D eigenvalue weighted by Crippen LogP contribution is -2.26. The maximum absolute atomic E-state index is 12.1. The van der Waals surface area contributed by atoms with E-state index in [2.05, 4.69) is 18.4 Å². The van der Waals surface area contributed by atoms with Crippen LogP contribution in [0.15, 0.2) is 30.5 Å². The number of carbonyl (C=O) groups excluding carboxylic acids is 1. The molecule has 1 amide bonds. The molecule has 2 aromatic rings. The second kappa shape index (κ2) is 6.10. The summed E-state index contributed by atoms with van der Waals surface area (Å²) in [7, 11) is -3.56. The molecule has 1 aliphatic heterocycles. The lowest BCUT2D eigenvalue weighted by Gasteiger charge is -2.14. The van der Waals surface area contributed by atoms with Crippen molar-refractivity contribution in [2.24, 2.45) is 0 Å². The van der Waals surface area contributed by atoms with Crippen LogP contribution in [0.4, 0.5) is 10.5 Å². The smallest absolute Gasteiger partial charge is 0.414 e. The summed E-state index contributed by atoms with van der Waals surface area (Å²) in [4.78, 5) is 13.5. The number of carbonyl (C=O) groups is 1. The number of cyclic esters (lactones) is 1. The molecular formula is C16H20N2O5S. The number of hydrogen-bond donors (Lipinski definition) is 0. The Morgan fingerprint density at radius 3 is 2.75 bits per heavy atom. The van der Waals surface area contributed by atoms with E-state index in [-0.39, 0.29) is 13.2 Å². The Hall–Kier alpha value is -2.06. The van der Waals surface area contributed by atoms with Crippen LogP contribution in [-0.2, 0) is 19.0 Å². The normalized spacial score (nSPS) is 18.6. The molecule has 130 valence electrons. The summed E-state index contributed by atoms with van der Waals surface area (Å²) in [5, 5.41) is 1.03. The molecule has 1 unspecified atom stereocenters. The van der Waals surface area contributed by atoms with E-state index in [1.807, 2.05) is 30.5 Å². The third-order valence-electron chi connectivity index (χ3n) is 3.91. The fraction of sp³-hybridized carbons (Fsp3) is 0.438. The first-order valence-electron chi connectivity index (χ1n) is 7.68. The van der Waals surface area contributed by atoms with Gasteiger partial charge in [-0.15, -0.1) is 0 Å². The lowest BCUT2D eigenvalue weighted by molar-refractivity contribution is 0.107. The molecule has 3 rings (SSSR count). The Morgan fingerprint density at radius 2 is 2.08 bits per heavy atom. The molecule has 1 aromatic carbocycles. The molecule has 1 fully saturated rings. The van der Waals surface area contributed by atoms with E-state index >= 15 is 0 Å². The van der Waals surface area contributed by atoms with Crippen LogP contribution < -0.4 is 4.90 Å². The van der Waals surface area contributed by atoms with Crippen LogP contribution in [0.1, 0.15) is 19.9 Å². The Bertz CT molecular complexity index is 872. The minimum Gasteiger partial charge on any atom is -0.441 e. The average molecular weight is 352 g/mol. The van der Waals surface area contributed by atoms with Crippen LogP contribution in [0, 0.1) is 0 Å². The predicted octanol–water partition coefficient (Wildman–Crippen LogP) is 2.52. The number of rotatable bonds is 5. The monoisotopic (exact) mass is 352 g/mol. The Balaban J connectivity index is 1.79. The zero-order chi connectivity index (χ0) is 17.5. The van der Waals surface area contributed by atoms with E-state index in [0.29, 0.717) is 6.04 Å². The fourth-order valence-electron chi connectivity index (χ4n) is 2.79. The number of ether oxygens (including phenoxy) is 1. The molecule has 7 nitrogen and oxygen atoms in total. The van der Waals surface area contributed by atoms with E-state index in [0.717, 1.165) is 22.8 Å². The van der Waals surface area contributed by atoms with Crippen molar-refractivity contribution in [1.29, 1.82) is 0 Å². The largest absolute Gasteiger partial charge is 0.441 e. The average Bonchev–Trinajstić information content (AvgIpc) is 3.07. The lowest BCUT2D eigenvalue weighted by atomic mass is 10.2. The van der Waals surface area contributed by atoms with E-state index in [1.165, 1.54) is 4.90 Å². The first kappa shape index (κ1) is 16.8. The highest BCUT2D eigenvalue weighted by molar-refractivity contribution is 7.85. The topological polar surface area (TPSA) is 77.8 Å². The molecule has 1 saturated heterocycles. The predicted molar refractivity (Wildman–Crippen MR) is 90.7 cm³/mol. The van der Waals surface area contributed by atoms with Crippen LogP contribution in [-0.4, -0.2) is 44.6 Å². The van der Waals surface area contributed by atoms with Crippen LogP contribution >= 0.6 is 0 Å². The molecule has 0 spiro atoms. The first-order chi connectivity index (χ1) is 11.2. The SMILES string of the molecule is CC(C)n1ccc2cc(N3CC(COS(C)(=O)=O)OC3=O)ccc21. The maximum Gasteiger partial charge on any atom is 0.414 e. The van der Waals surface area contributed by atoms with Gasteiger partial charge in [-0.2, -0.15) is 8.42 Å². The van der Waals surface area contributed by atoms with Crippen molar-refractivity contribution in [3.63, 3.8) is 0 Å². The molecule has 1 aromatic heterocycles. The highest BCUT2D eigenvalue weighted by Crippen LogP contribution is 2.28. The van der Waals surface area contributed by atoms with Gasteiger partial charge in [0, 0.05) is 28.8 Å². The molecular weight excluding hydrogens is 332 g/mol. The van der Waals surface area contributed by atoms with Gasteiger partial charge in [0.2, 0.25) is 0 Å². The Morgan fingerprint density at radius 1 is 1.33 bits per heavy atom. The van der Waals surface area contributed by atoms with Gasteiger partial charge in [-0.25, -0.2) is 4.79 Å². The van der Waals surface area contributed by atoms with E-state index in [9.17, 15) is 13.2 Å². The number of nitrogens with zero attached hydrogens (tertiary/aromatic N) is 2. The van der Waals surface area contributed by atoms with Crippen LogP contribution in [0.5, 0.6) is 0 Å². The van der Waals surface area contributed by atoms with Gasteiger partial charge in [0.05, 0.1) is 12.8 Å². The molecule has 0 saturated carbocycles. The van der Waals surface area contributed by atoms with Crippen LogP contribution in [0.3, 0.4) is 0 Å². The van der Waals surface area contributed by atoms with Gasteiger partial charge in [0.1, 0.15) is 12.7 Å². The number of hydrogen-bond acceptors (Lipinski definition) is 5. The molecule has 24 heavy (non-hydrogen) atoms. The molecule has 2 heterocycles. The minimum atomic E-state index is -3.56. The number of anilines is 1. The number of aromatic nitrogens is 1. The molecule has 0 bridgehead atoms. The summed E-state index contributed by atoms with van der Waals surface area (Å²) in [5.41, 5.74) is 1.81. The fourth-order valence-corrected chi connectivity index (χ4v) is 3.19. The van der Waals surface area contributed by atoms with Crippen LogP contribution in [0.2, 0.25) is 0 Å². The van der Waals surface area contributed by atoms with Crippen LogP contribution in [0.25, 0.3) is 10.9 Å². The molecule has 0 N–H and O–H groups in total. The van der Waals surface area contributed by atoms with E-state index in [4.69, 9.17) is 8.92 Å². The minimum absolute atomic E-state index is 0.174. The second-order valence-corrected chi connectivity index (χ2v) is 7.81.